The molecule has 172 valence electrons. The number of nitrogens with two attached hydrogens (primary N) is 1. The summed E-state index contributed by atoms with van der Waals surface area (Å²) in [6, 6.07) is 8.51. The quantitative estimate of drug-likeness (QED) is 0.553. The highest BCUT2D eigenvalue weighted by Crippen LogP contribution is 2.49. The summed E-state index contributed by atoms with van der Waals surface area (Å²) < 4.78 is 2.07. The van der Waals surface area contributed by atoms with E-state index in [1.165, 1.54) is 0 Å². The van der Waals surface area contributed by atoms with E-state index in [-0.39, 0.29) is 5.91 Å². The molecule has 2 N–H and O–H groups in total. The smallest absolute Gasteiger partial charge is 0.228 e. The first-order valence-electron chi connectivity index (χ1n) is 11.5. The second-order valence-corrected chi connectivity index (χ2v) is 9.80. The van der Waals surface area contributed by atoms with Gasteiger partial charge in [0, 0.05) is 25.4 Å². The molecule has 1 aliphatic heterocycles. The highest BCUT2D eigenvalue weighted by atomic mass is 35.5. The van der Waals surface area contributed by atoms with E-state index < -0.39 is 5.41 Å². The van der Waals surface area contributed by atoms with Crippen LogP contribution in [0.2, 0.25) is 5.02 Å². The van der Waals surface area contributed by atoms with Gasteiger partial charge in [0.25, 0.3) is 0 Å². The van der Waals surface area contributed by atoms with Gasteiger partial charge in [-0.15, -0.1) is 0 Å². The van der Waals surface area contributed by atoms with E-state index in [0.717, 1.165) is 67.0 Å². The molecule has 1 saturated heterocycles. The third kappa shape index (κ3) is 4.52. The lowest BCUT2D eigenvalue weighted by atomic mass is 9.88. The molecule has 1 aromatic carbocycles. The van der Waals surface area contributed by atoms with E-state index >= 15 is 0 Å². The highest BCUT2D eigenvalue weighted by Gasteiger charge is 2.50. The molecule has 0 radical (unpaired) electrons. The Balaban J connectivity index is 1.29. The summed E-state index contributed by atoms with van der Waals surface area (Å²) in [6.45, 7) is 2.13. The second kappa shape index (κ2) is 8.88. The van der Waals surface area contributed by atoms with Crippen LogP contribution in [0, 0.1) is 0 Å². The SMILES string of the molecule is CN1CCC(n2cc(Cc3ncc(Cl)c(CCc4ccccc4C4(C(N)=O)CC4)n3)cn2)C1. The Labute approximate surface area is 199 Å². The fourth-order valence-electron chi connectivity index (χ4n) is 4.91. The van der Waals surface area contributed by atoms with Crippen LogP contribution in [0.1, 0.15) is 53.5 Å². The minimum Gasteiger partial charge on any atom is -0.369 e. The van der Waals surface area contributed by atoms with Gasteiger partial charge in [0.2, 0.25) is 5.91 Å². The average molecular weight is 465 g/mol. The fraction of sp³-hybridized carbons (Fsp3) is 0.440. The van der Waals surface area contributed by atoms with Crippen LogP contribution in [0.5, 0.6) is 0 Å². The summed E-state index contributed by atoms with van der Waals surface area (Å²) in [7, 11) is 2.14. The number of amides is 1. The van der Waals surface area contributed by atoms with Crippen LogP contribution < -0.4 is 5.73 Å². The lowest BCUT2D eigenvalue weighted by molar-refractivity contribution is -0.120. The summed E-state index contributed by atoms with van der Waals surface area (Å²) >= 11 is 6.44. The number of hydrogen-bond acceptors (Lipinski definition) is 5. The molecule has 1 aliphatic carbocycles. The molecule has 1 saturated carbocycles. The Bertz CT molecular complexity index is 1170. The average Bonchev–Trinajstić information content (AvgIpc) is 3.31. The van der Waals surface area contributed by atoms with Gasteiger partial charge < -0.3 is 10.6 Å². The third-order valence-corrected chi connectivity index (χ3v) is 7.33. The maximum Gasteiger partial charge on any atom is 0.228 e. The maximum absolute atomic E-state index is 12.1. The molecule has 2 aromatic heterocycles. The topological polar surface area (TPSA) is 89.9 Å². The summed E-state index contributed by atoms with van der Waals surface area (Å²) in [5, 5.41) is 5.13. The number of aryl methyl sites for hydroxylation is 2. The van der Waals surface area contributed by atoms with Gasteiger partial charge in [-0.25, -0.2) is 9.97 Å². The van der Waals surface area contributed by atoms with Crippen molar-refractivity contribution in [3.8, 4) is 0 Å². The minimum atomic E-state index is -0.495. The minimum absolute atomic E-state index is 0.234. The molecule has 33 heavy (non-hydrogen) atoms. The Kier molecular flexibility index (Phi) is 5.93. The van der Waals surface area contributed by atoms with Gasteiger partial charge in [-0.05, 0) is 62.4 Å². The van der Waals surface area contributed by atoms with E-state index in [1.54, 1.807) is 6.20 Å². The number of likely N-dealkylation sites (N-methyl/N-ethyl adjacent to an activating group) is 1. The number of benzene rings is 1. The predicted octanol–water partition coefficient (Wildman–Crippen LogP) is 3.10. The molecule has 2 fully saturated rings. The van der Waals surface area contributed by atoms with Gasteiger partial charge in [-0.1, -0.05) is 35.9 Å². The first-order valence-corrected chi connectivity index (χ1v) is 11.9. The van der Waals surface area contributed by atoms with E-state index in [9.17, 15) is 4.79 Å². The zero-order chi connectivity index (χ0) is 23.0. The number of carbonyl (C=O) groups excluding carboxylic acids is 1. The Morgan fingerprint density at radius 2 is 2.06 bits per heavy atom. The van der Waals surface area contributed by atoms with Crippen molar-refractivity contribution in [3.63, 3.8) is 0 Å². The van der Waals surface area contributed by atoms with Crippen LogP contribution in [0.25, 0.3) is 0 Å². The summed E-state index contributed by atoms with van der Waals surface area (Å²) in [4.78, 5) is 23.6. The van der Waals surface area contributed by atoms with Crippen LogP contribution in [-0.2, 0) is 29.5 Å². The van der Waals surface area contributed by atoms with Crippen molar-refractivity contribution in [2.75, 3.05) is 20.1 Å². The summed E-state index contributed by atoms with van der Waals surface area (Å²) in [5.74, 6) is 0.503. The van der Waals surface area contributed by atoms with E-state index in [1.807, 2.05) is 24.4 Å². The van der Waals surface area contributed by atoms with E-state index in [4.69, 9.17) is 22.3 Å². The highest BCUT2D eigenvalue weighted by molar-refractivity contribution is 6.31. The first-order chi connectivity index (χ1) is 15.9. The number of likely N-dealkylation sites (tertiary alicyclic amines) is 1. The van der Waals surface area contributed by atoms with Gasteiger partial charge in [0.15, 0.2) is 0 Å². The van der Waals surface area contributed by atoms with Crippen molar-refractivity contribution in [3.05, 3.63) is 76.1 Å². The standard InChI is InChI=1S/C25H29ClN6O/c1-31-11-8-19(16-31)32-15-17(13-29-32)12-23-28-14-21(26)22(30-23)7-6-18-4-2-3-5-20(18)25(9-10-25)24(27)33/h2-5,13-15,19H,6-12,16H2,1H3,(H2,27,33). The Morgan fingerprint density at radius 1 is 1.24 bits per heavy atom. The molecular formula is C25H29ClN6O. The number of aromatic nitrogens is 4. The van der Waals surface area contributed by atoms with Gasteiger partial charge in [0.05, 0.1) is 28.4 Å². The molecule has 1 amide bonds. The Hall–Kier alpha value is -2.77. The number of nitrogens with zero attached hydrogens (tertiary/aromatic N) is 5. The zero-order valence-electron chi connectivity index (χ0n) is 18.9. The number of rotatable bonds is 8. The number of hydrogen-bond donors (Lipinski definition) is 1. The van der Waals surface area contributed by atoms with Crippen molar-refractivity contribution >= 4 is 17.5 Å². The molecule has 7 nitrogen and oxygen atoms in total. The molecule has 1 atom stereocenters. The number of carbonyl (C=O) groups is 1. The maximum atomic E-state index is 12.1. The molecule has 3 heterocycles. The van der Waals surface area contributed by atoms with Crippen LogP contribution in [-0.4, -0.2) is 50.7 Å². The van der Waals surface area contributed by atoms with Gasteiger partial charge in [-0.2, -0.15) is 5.10 Å². The van der Waals surface area contributed by atoms with Gasteiger partial charge in [-0.3, -0.25) is 9.48 Å². The van der Waals surface area contributed by atoms with Crippen molar-refractivity contribution in [2.24, 2.45) is 5.73 Å². The molecule has 0 bridgehead atoms. The van der Waals surface area contributed by atoms with Crippen LogP contribution in [0.3, 0.4) is 0 Å². The lowest BCUT2D eigenvalue weighted by Crippen LogP contribution is -2.29. The summed E-state index contributed by atoms with van der Waals surface area (Å²) in [5.41, 5.74) is 9.33. The third-order valence-electron chi connectivity index (χ3n) is 7.01. The molecule has 5 rings (SSSR count). The normalized spacial score (nSPS) is 19.6. The van der Waals surface area contributed by atoms with Crippen molar-refractivity contribution in [1.82, 2.24) is 24.6 Å². The van der Waals surface area contributed by atoms with E-state index in [2.05, 4.69) is 39.0 Å². The van der Waals surface area contributed by atoms with E-state index in [0.29, 0.717) is 23.9 Å². The largest absolute Gasteiger partial charge is 0.369 e. The monoisotopic (exact) mass is 464 g/mol. The lowest BCUT2D eigenvalue weighted by Gasteiger charge is -2.16. The number of halogens is 1. The Morgan fingerprint density at radius 3 is 2.79 bits per heavy atom. The molecule has 8 heteroatoms. The van der Waals surface area contributed by atoms with Crippen molar-refractivity contribution in [1.29, 1.82) is 0 Å². The van der Waals surface area contributed by atoms with Crippen LogP contribution in [0.4, 0.5) is 0 Å². The zero-order valence-corrected chi connectivity index (χ0v) is 19.6. The van der Waals surface area contributed by atoms with Crippen molar-refractivity contribution in [2.45, 2.75) is 50.0 Å². The molecule has 1 unspecified atom stereocenters. The molecular weight excluding hydrogens is 436 g/mol. The van der Waals surface area contributed by atoms with Crippen LogP contribution in [0.15, 0.2) is 42.9 Å². The summed E-state index contributed by atoms with van der Waals surface area (Å²) in [6.07, 6.45) is 10.5. The molecule has 3 aromatic rings. The van der Waals surface area contributed by atoms with Gasteiger partial charge in [0.1, 0.15) is 5.82 Å². The first kappa shape index (κ1) is 22.0. The molecule has 0 spiro atoms. The second-order valence-electron chi connectivity index (χ2n) is 9.39. The van der Waals surface area contributed by atoms with Crippen LogP contribution >= 0.6 is 11.6 Å². The number of primary amides is 1. The van der Waals surface area contributed by atoms with Crippen molar-refractivity contribution < 1.29 is 4.79 Å². The fourth-order valence-corrected chi connectivity index (χ4v) is 5.10. The predicted molar refractivity (Wildman–Crippen MR) is 127 cm³/mol. The molecule has 2 aliphatic rings. The van der Waals surface area contributed by atoms with Gasteiger partial charge >= 0.3 is 0 Å².